The summed E-state index contributed by atoms with van der Waals surface area (Å²) in [6.07, 6.45) is 2.82. The molecule has 2 N–H and O–H groups in total. The van der Waals surface area contributed by atoms with E-state index in [0.29, 0.717) is 35.0 Å². The zero-order valence-corrected chi connectivity index (χ0v) is 19.5. The largest absolute Gasteiger partial charge is 0.374 e. The third-order valence-electron chi connectivity index (χ3n) is 5.62. The van der Waals surface area contributed by atoms with Gasteiger partial charge in [0.05, 0.1) is 32.4 Å². The van der Waals surface area contributed by atoms with Crippen molar-refractivity contribution in [2.45, 2.75) is 30.2 Å². The van der Waals surface area contributed by atoms with Gasteiger partial charge in [-0.15, -0.1) is 0 Å². The van der Waals surface area contributed by atoms with Crippen LogP contribution in [0.2, 0.25) is 15.1 Å². The van der Waals surface area contributed by atoms with E-state index in [2.05, 4.69) is 10.6 Å². The van der Waals surface area contributed by atoms with E-state index in [-0.39, 0.29) is 27.5 Å². The van der Waals surface area contributed by atoms with Crippen molar-refractivity contribution in [3.05, 3.63) is 51.0 Å². The standard InChI is InChI=1S/C21H19Cl3N2O4S/c1-31(29,30)12-3-5-17(15(23)8-12)26-21(28)14-9-13(14)20(27)18-4-2-10-6-11(22)7-16(24)19(10)25-18/h3,5-8,13-14,18,25H,2,4,9H2,1H3,(H,26,28). The maximum Gasteiger partial charge on any atom is 0.228 e. The number of benzene rings is 2. The van der Waals surface area contributed by atoms with Crippen LogP contribution in [0.1, 0.15) is 18.4 Å². The first-order chi connectivity index (χ1) is 14.5. The number of aryl methyl sites for hydroxylation is 1. The van der Waals surface area contributed by atoms with Crippen LogP contribution in [0.4, 0.5) is 11.4 Å². The minimum absolute atomic E-state index is 0.0182. The summed E-state index contributed by atoms with van der Waals surface area (Å²) in [6, 6.07) is 7.18. The fraction of sp³-hybridized carbons (Fsp3) is 0.333. The first kappa shape index (κ1) is 22.4. The number of amides is 1. The van der Waals surface area contributed by atoms with E-state index in [1.54, 1.807) is 6.07 Å². The van der Waals surface area contributed by atoms with Crippen LogP contribution >= 0.6 is 34.8 Å². The maximum absolute atomic E-state index is 12.9. The molecule has 1 fully saturated rings. The van der Waals surface area contributed by atoms with Crippen molar-refractivity contribution in [1.82, 2.24) is 0 Å². The monoisotopic (exact) mass is 500 g/mol. The van der Waals surface area contributed by atoms with Crippen LogP contribution in [0.5, 0.6) is 0 Å². The van der Waals surface area contributed by atoms with Gasteiger partial charge in [-0.3, -0.25) is 9.59 Å². The molecule has 0 bridgehead atoms. The second-order valence-corrected chi connectivity index (χ2v) is 11.2. The molecule has 1 heterocycles. The van der Waals surface area contributed by atoms with E-state index < -0.39 is 21.8 Å². The van der Waals surface area contributed by atoms with E-state index in [1.807, 2.05) is 6.07 Å². The molecule has 1 amide bonds. The lowest BCUT2D eigenvalue weighted by atomic mass is 9.93. The molecule has 1 aliphatic heterocycles. The van der Waals surface area contributed by atoms with E-state index >= 15 is 0 Å². The fourth-order valence-corrected chi connectivity index (χ4v) is 5.39. The summed E-state index contributed by atoms with van der Waals surface area (Å²) in [6.45, 7) is 0. The average molecular weight is 502 g/mol. The number of ketones is 1. The predicted molar refractivity (Wildman–Crippen MR) is 122 cm³/mol. The first-order valence-electron chi connectivity index (χ1n) is 9.63. The number of fused-ring (bicyclic) bond motifs is 1. The minimum Gasteiger partial charge on any atom is -0.374 e. The van der Waals surface area contributed by atoms with Crippen molar-refractivity contribution >= 4 is 67.7 Å². The van der Waals surface area contributed by atoms with Crippen molar-refractivity contribution in [3.63, 3.8) is 0 Å². The van der Waals surface area contributed by atoms with Crippen molar-refractivity contribution < 1.29 is 18.0 Å². The van der Waals surface area contributed by atoms with Gasteiger partial charge in [-0.25, -0.2) is 8.42 Å². The van der Waals surface area contributed by atoms with Gasteiger partial charge in [0.15, 0.2) is 15.6 Å². The molecule has 2 aliphatic rings. The molecule has 1 aliphatic carbocycles. The van der Waals surface area contributed by atoms with Crippen molar-refractivity contribution in [2.24, 2.45) is 11.8 Å². The zero-order chi connectivity index (χ0) is 22.5. The summed E-state index contributed by atoms with van der Waals surface area (Å²) in [5.41, 5.74) is 2.00. The van der Waals surface area contributed by atoms with E-state index in [0.717, 1.165) is 17.5 Å². The highest BCUT2D eigenvalue weighted by Crippen LogP contribution is 2.43. The Balaban J connectivity index is 1.40. The Bertz CT molecular complexity index is 1200. The molecule has 6 nitrogen and oxygen atoms in total. The van der Waals surface area contributed by atoms with Crippen LogP contribution in [0, 0.1) is 11.8 Å². The normalized spacial score (nSPS) is 22.3. The number of hydrogen-bond donors (Lipinski definition) is 2. The third-order valence-corrected chi connectivity index (χ3v) is 7.56. The van der Waals surface area contributed by atoms with Gasteiger partial charge in [-0.05, 0) is 55.2 Å². The summed E-state index contributed by atoms with van der Waals surface area (Å²) in [7, 11) is -3.40. The topological polar surface area (TPSA) is 92.3 Å². The van der Waals surface area contributed by atoms with Crippen LogP contribution < -0.4 is 10.6 Å². The summed E-state index contributed by atoms with van der Waals surface area (Å²) in [5, 5.41) is 7.04. The molecule has 164 valence electrons. The number of carbonyl (C=O) groups excluding carboxylic acids is 2. The third kappa shape index (κ3) is 4.70. The van der Waals surface area contributed by atoms with E-state index in [4.69, 9.17) is 34.8 Å². The first-order valence-corrected chi connectivity index (χ1v) is 12.7. The van der Waals surface area contributed by atoms with Crippen molar-refractivity contribution in [3.8, 4) is 0 Å². The summed E-state index contributed by atoms with van der Waals surface area (Å²) in [4.78, 5) is 25.6. The molecule has 4 rings (SSSR count). The zero-order valence-electron chi connectivity index (χ0n) is 16.4. The highest BCUT2D eigenvalue weighted by Gasteiger charge is 2.50. The quantitative estimate of drug-likeness (QED) is 0.624. The summed E-state index contributed by atoms with van der Waals surface area (Å²) < 4.78 is 23.2. The highest BCUT2D eigenvalue weighted by atomic mass is 35.5. The number of nitrogens with one attached hydrogen (secondary N) is 2. The lowest BCUT2D eigenvalue weighted by Crippen LogP contribution is -2.35. The number of hydrogen-bond acceptors (Lipinski definition) is 5. The van der Waals surface area contributed by atoms with Crippen LogP contribution in [0.15, 0.2) is 35.2 Å². The average Bonchev–Trinajstić information content (AvgIpc) is 3.49. The van der Waals surface area contributed by atoms with Crippen LogP contribution in [0.25, 0.3) is 0 Å². The summed E-state index contributed by atoms with van der Waals surface area (Å²) >= 11 is 18.4. The molecule has 1 saturated carbocycles. The molecule has 10 heteroatoms. The van der Waals surface area contributed by atoms with Gasteiger partial charge >= 0.3 is 0 Å². The van der Waals surface area contributed by atoms with Crippen LogP contribution in [0.3, 0.4) is 0 Å². The maximum atomic E-state index is 12.9. The Morgan fingerprint density at radius 1 is 1.06 bits per heavy atom. The molecular weight excluding hydrogens is 483 g/mol. The summed E-state index contributed by atoms with van der Waals surface area (Å²) in [5.74, 6) is -1.15. The Labute approximate surface area is 195 Å². The van der Waals surface area contributed by atoms with Gasteiger partial charge in [0.2, 0.25) is 5.91 Å². The number of rotatable bonds is 5. The number of halogens is 3. The molecule has 3 atom stereocenters. The Morgan fingerprint density at radius 2 is 1.81 bits per heavy atom. The van der Waals surface area contributed by atoms with Gasteiger partial charge in [0.1, 0.15) is 0 Å². The molecule has 0 spiro atoms. The van der Waals surface area contributed by atoms with Crippen molar-refractivity contribution in [2.75, 3.05) is 16.9 Å². The molecule has 2 aromatic carbocycles. The smallest absolute Gasteiger partial charge is 0.228 e. The molecule has 0 radical (unpaired) electrons. The second kappa shape index (κ2) is 8.28. The number of anilines is 2. The van der Waals surface area contributed by atoms with Crippen molar-refractivity contribution in [1.29, 1.82) is 0 Å². The van der Waals surface area contributed by atoms with Gasteiger partial charge in [-0.2, -0.15) is 0 Å². The Morgan fingerprint density at radius 3 is 2.48 bits per heavy atom. The van der Waals surface area contributed by atoms with Gasteiger partial charge in [0.25, 0.3) is 0 Å². The Kier molecular flexibility index (Phi) is 5.98. The molecule has 0 saturated heterocycles. The molecule has 31 heavy (non-hydrogen) atoms. The molecular formula is C21H19Cl3N2O4S. The molecule has 0 aromatic heterocycles. The van der Waals surface area contributed by atoms with Crippen LogP contribution in [-0.4, -0.2) is 32.4 Å². The number of sulfone groups is 1. The fourth-order valence-electron chi connectivity index (χ4n) is 3.86. The number of carbonyl (C=O) groups is 2. The molecule has 3 unspecified atom stereocenters. The van der Waals surface area contributed by atoms with E-state index in [1.165, 1.54) is 18.2 Å². The lowest BCUT2D eigenvalue weighted by Gasteiger charge is -2.27. The highest BCUT2D eigenvalue weighted by molar-refractivity contribution is 7.90. The minimum atomic E-state index is -3.40. The van der Waals surface area contributed by atoms with Crippen LogP contribution in [-0.2, 0) is 25.8 Å². The van der Waals surface area contributed by atoms with E-state index in [9.17, 15) is 18.0 Å². The SMILES string of the molecule is CS(=O)(=O)c1ccc(NC(=O)C2CC2C(=O)C2CCc3cc(Cl)cc(Cl)c3N2)c(Cl)c1. The number of Topliss-reactive ketones (excluding diaryl/α,β-unsaturated/α-hetero) is 1. The predicted octanol–water partition coefficient (Wildman–Crippen LogP) is 4.62. The Hall–Kier alpha value is -1.80. The van der Waals surface area contributed by atoms with Gasteiger partial charge in [-0.1, -0.05) is 34.8 Å². The van der Waals surface area contributed by atoms with Gasteiger partial charge in [0, 0.05) is 23.1 Å². The second-order valence-electron chi connectivity index (χ2n) is 7.91. The lowest BCUT2D eigenvalue weighted by molar-refractivity contribution is -0.124. The van der Waals surface area contributed by atoms with Gasteiger partial charge < -0.3 is 10.6 Å². The molecule has 2 aromatic rings.